The highest BCUT2D eigenvalue weighted by atomic mass is 32.2. The fraction of sp³-hybridized carbons (Fsp3) is 0. The summed E-state index contributed by atoms with van der Waals surface area (Å²) in [6, 6.07) is 11.2. The molecule has 0 heterocycles. The highest BCUT2D eigenvalue weighted by molar-refractivity contribution is 7.94. The lowest BCUT2D eigenvalue weighted by Gasteiger charge is -2.12. The summed E-state index contributed by atoms with van der Waals surface area (Å²) in [5.74, 6) is -3.27. The van der Waals surface area contributed by atoms with Gasteiger partial charge in [0.2, 0.25) is 0 Å². The molecule has 0 saturated carbocycles. The number of nitrogens with two attached hydrogens (primary N) is 2. The maximum absolute atomic E-state index is 12.0. The van der Waals surface area contributed by atoms with Gasteiger partial charge in [-0.3, -0.25) is 4.55 Å². The maximum atomic E-state index is 12.0. The summed E-state index contributed by atoms with van der Waals surface area (Å²) in [7, 11) is -4.70. The van der Waals surface area contributed by atoms with Crippen LogP contribution in [0.2, 0.25) is 0 Å². The van der Waals surface area contributed by atoms with Crippen LogP contribution in [0.15, 0.2) is 74.6 Å². The molecule has 0 aliphatic heterocycles. The van der Waals surface area contributed by atoms with Crippen molar-refractivity contribution in [2.45, 2.75) is 9.79 Å². The van der Waals surface area contributed by atoms with E-state index in [0.717, 1.165) is 12.1 Å². The molecule has 0 fully saturated rings. The van der Waals surface area contributed by atoms with Gasteiger partial charge in [-0.15, -0.1) is 14.6 Å². The Bertz CT molecular complexity index is 1860. The van der Waals surface area contributed by atoms with Gasteiger partial charge in [-0.05, 0) is 52.9 Å². The van der Waals surface area contributed by atoms with Gasteiger partial charge in [0.1, 0.15) is 17.1 Å². The molecular formula is C24H18N4O11S2. The Morgan fingerprint density at radius 1 is 0.878 bits per heavy atom. The van der Waals surface area contributed by atoms with Crippen LogP contribution in [-0.2, 0) is 19.5 Å². The average Bonchev–Trinajstić information content (AvgIpc) is 2.90. The standard InChI is InChI=1S/C24H18N4O11S2/c25-16-3-1-10(6-14(16)23(30)31)11-2-4-17(15(7-11)24(32)33)27-28-22-19(40-39-38-34)8-12-5-13(41(35,36)37)9-18(29)20(12)21(22)26/h1-9,29,34H,25-26H2,(H,30,31)(H,32,33)(H,35,36,37). The second-order valence-corrected chi connectivity index (χ2v) is 10.4. The number of rotatable bonds is 9. The third kappa shape index (κ3) is 6.04. The zero-order chi connectivity index (χ0) is 30.1. The van der Waals surface area contributed by atoms with E-state index in [0.29, 0.717) is 23.2 Å². The summed E-state index contributed by atoms with van der Waals surface area (Å²) in [6.45, 7) is 0. The van der Waals surface area contributed by atoms with E-state index in [-0.39, 0.29) is 49.5 Å². The number of aromatic hydroxyl groups is 1. The lowest BCUT2D eigenvalue weighted by atomic mass is 9.99. The second kappa shape index (κ2) is 11.4. The van der Waals surface area contributed by atoms with E-state index in [2.05, 4.69) is 19.6 Å². The smallest absolute Gasteiger partial charge is 0.337 e. The number of hydrogen-bond donors (Lipinski definition) is 7. The number of aromatic carboxylic acids is 2. The largest absolute Gasteiger partial charge is 0.507 e. The van der Waals surface area contributed by atoms with Gasteiger partial charge in [-0.25, -0.2) is 14.8 Å². The van der Waals surface area contributed by atoms with Crippen LogP contribution in [-0.4, -0.2) is 45.5 Å². The van der Waals surface area contributed by atoms with Crippen molar-refractivity contribution in [1.29, 1.82) is 0 Å². The first-order chi connectivity index (χ1) is 19.3. The van der Waals surface area contributed by atoms with Gasteiger partial charge in [0, 0.05) is 17.1 Å². The van der Waals surface area contributed by atoms with Crippen LogP contribution in [0.1, 0.15) is 20.7 Å². The molecule has 0 aromatic heterocycles. The minimum atomic E-state index is -4.70. The number of phenols is 1. The molecule has 0 saturated heterocycles. The first kappa shape index (κ1) is 29.2. The first-order valence-electron chi connectivity index (χ1n) is 11.0. The number of anilines is 2. The van der Waals surface area contributed by atoms with Crippen LogP contribution in [0.25, 0.3) is 21.9 Å². The Morgan fingerprint density at radius 3 is 2.12 bits per heavy atom. The zero-order valence-electron chi connectivity index (χ0n) is 20.2. The molecule has 0 amide bonds. The Balaban J connectivity index is 1.84. The Labute approximate surface area is 234 Å². The molecule has 4 aromatic carbocycles. The molecule has 0 radical (unpaired) electrons. The molecule has 0 aliphatic carbocycles. The van der Waals surface area contributed by atoms with Crippen molar-refractivity contribution in [3.63, 3.8) is 0 Å². The zero-order valence-corrected chi connectivity index (χ0v) is 21.9. The molecule has 0 spiro atoms. The van der Waals surface area contributed by atoms with Crippen LogP contribution < -0.4 is 11.5 Å². The van der Waals surface area contributed by atoms with E-state index >= 15 is 0 Å². The highest BCUT2D eigenvalue weighted by Gasteiger charge is 2.21. The number of hydrogen-bond acceptors (Lipinski definition) is 13. The van der Waals surface area contributed by atoms with Crippen LogP contribution in [0, 0.1) is 0 Å². The molecule has 0 bridgehead atoms. The first-order valence-corrected chi connectivity index (χ1v) is 13.1. The topological polar surface area (TPSA) is 265 Å². The van der Waals surface area contributed by atoms with Crippen molar-refractivity contribution in [1.82, 2.24) is 0 Å². The lowest BCUT2D eigenvalue weighted by molar-refractivity contribution is -0.432. The maximum Gasteiger partial charge on any atom is 0.337 e. The quantitative estimate of drug-likeness (QED) is 0.0337. The van der Waals surface area contributed by atoms with Crippen LogP contribution in [0.5, 0.6) is 5.75 Å². The number of azo groups is 1. The van der Waals surface area contributed by atoms with E-state index in [1.807, 2.05) is 0 Å². The second-order valence-electron chi connectivity index (χ2n) is 8.22. The van der Waals surface area contributed by atoms with E-state index in [1.165, 1.54) is 42.5 Å². The number of carbonyl (C=O) groups is 2. The lowest BCUT2D eigenvalue weighted by Crippen LogP contribution is -2.02. The van der Waals surface area contributed by atoms with Crippen molar-refractivity contribution in [3.8, 4) is 16.9 Å². The van der Waals surface area contributed by atoms with Gasteiger partial charge >= 0.3 is 11.9 Å². The minimum absolute atomic E-state index is 0.0174. The summed E-state index contributed by atoms with van der Waals surface area (Å²) >= 11 is 0.371. The van der Waals surface area contributed by atoms with Gasteiger partial charge in [-0.2, -0.15) is 8.42 Å². The van der Waals surface area contributed by atoms with Gasteiger partial charge in [0.25, 0.3) is 10.1 Å². The van der Waals surface area contributed by atoms with E-state index in [1.54, 1.807) is 0 Å². The summed E-state index contributed by atoms with van der Waals surface area (Å²) in [4.78, 5) is 22.8. The van der Waals surface area contributed by atoms with Gasteiger partial charge < -0.3 is 26.8 Å². The summed E-state index contributed by atoms with van der Waals surface area (Å²) in [5.41, 5.74) is 11.6. The average molecular weight is 603 g/mol. The number of benzene rings is 4. The molecular weight excluding hydrogens is 584 g/mol. The van der Waals surface area contributed by atoms with E-state index in [9.17, 15) is 37.9 Å². The fourth-order valence-corrected chi connectivity index (χ4v) is 4.90. The number of carboxylic acids is 2. The van der Waals surface area contributed by atoms with E-state index < -0.39 is 32.7 Å². The number of carboxylic acid groups (broad SMARTS) is 2. The molecule has 4 rings (SSSR count). The Hall–Kier alpha value is -4.78. The normalized spacial score (nSPS) is 11.8. The Morgan fingerprint density at radius 2 is 1.51 bits per heavy atom. The third-order valence-electron chi connectivity index (χ3n) is 5.72. The third-order valence-corrected chi connectivity index (χ3v) is 7.17. The minimum Gasteiger partial charge on any atom is -0.507 e. The predicted octanol–water partition coefficient (Wildman–Crippen LogP) is 4.86. The summed E-state index contributed by atoms with van der Waals surface area (Å²) in [6.07, 6.45) is 0. The molecule has 0 unspecified atom stereocenters. The van der Waals surface area contributed by atoms with Gasteiger partial charge in [0.15, 0.2) is 0 Å². The molecule has 212 valence electrons. The molecule has 4 aromatic rings. The fourth-order valence-electron chi connectivity index (χ4n) is 3.86. The predicted molar refractivity (Wildman–Crippen MR) is 145 cm³/mol. The number of nitrogens with zero attached hydrogens (tertiary/aromatic N) is 2. The summed E-state index contributed by atoms with van der Waals surface area (Å²) < 4.78 is 37.0. The van der Waals surface area contributed by atoms with Crippen LogP contribution in [0.3, 0.4) is 0 Å². The van der Waals surface area contributed by atoms with Crippen molar-refractivity contribution < 1.29 is 52.5 Å². The number of nitrogen functional groups attached to an aromatic ring is 2. The molecule has 41 heavy (non-hydrogen) atoms. The van der Waals surface area contributed by atoms with Crippen molar-refractivity contribution in [2.24, 2.45) is 10.2 Å². The van der Waals surface area contributed by atoms with Gasteiger partial charge in [0.05, 0.1) is 38.6 Å². The number of fused-ring (bicyclic) bond motifs is 1. The van der Waals surface area contributed by atoms with E-state index in [4.69, 9.17) is 16.7 Å². The number of phenolic OH excluding ortho intramolecular Hbond substituents is 1. The molecule has 17 heteroatoms. The Kier molecular flexibility index (Phi) is 8.10. The molecule has 15 nitrogen and oxygen atoms in total. The van der Waals surface area contributed by atoms with Crippen molar-refractivity contribution in [2.75, 3.05) is 11.5 Å². The molecule has 0 atom stereocenters. The molecule has 9 N–H and O–H groups in total. The molecule has 0 aliphatic rings. The highest BCUT2D eigenvalue weighted by Crippen LogP contribution is 2.45. The van der Waals surface area contributed by atoms with Crippen LogP contribution in [0.4, 0.5) is 22.7 Å². The SMILES string of the molecule is Nc1ccc(-c2ccc(N=Nc3c(SOOO)cc4cc(S(=O)(=O)O)cc(O)c4c3N)c(C(=O)O)c2)cc1C(=O)O. The van der Waals surface area contributed by atoms with Crippen molar-refractivity contribution >= 4 is 67.6 Å². The van der Waals surface area contributed by atoms with Crippen molar-refractivity contribution in [3.05, 3.63) is 65.7 Å². The van der Waals surface area contributed by atoms with Gasteiger partial charge in [-0.1, -0.05) is 17.2 Å². The summed E-state index contributed by atoms with van der Waals surface area (Å²) in [5, 5.41) is 49.7. The van der Waals surface area contributed by atoms with Crippen LogP contribution >= 0.6 is 12.0 Å². The monoisotopic (exact) mass is 602 g/mol.